The van der Waals surface area contributed by atoms with Gasteiger partial charge in [0.25, 0.3) is 0 Å². The van der Waals surface area contributed by atoms with Gasteiger partial charge in [0.15, 0.2) is 0 Å². The lowest BCUT2D eigenvalue weighted by molar-refractivity contribution is -0.138. The van der Waals surface area contributed by atoms with Crippen LogP contribution in [-0.4, -0.2) is 52.2 Å². The van der Waals surface area contributed by atoms with Gasteiger partial charge in [0.1, 0.15) is 0 Å². The van der Waals surface area contributed by atoms with Crippen LogP contribution in [0.2, 0.25) is 32.0 Å². The van der Waals surface area contributed by atoms with Gasteiger partial charge in [-0.2, -0.15) is 0 Å². The second-order valence-corrected chi connectivity index (χ2v) is 14.9. The minimum atomic E-state index is -1.13. The first-order chi connectivity index (χ1) is 11.8. The van der Waals surface area contributed by atoms with Gasteiger partial charge in [0.2, 0.25) is 0 Å². The Morgan fingerprint density at radius 1 is 1.08 bits per heavy atom. The van der Waals surface area contributed by atoms with Crippen molar-refractivity contribution >= 4 is 21.2 Å². The Bertz CT molecular complexity index is 507. The predicted molar refractivity (Wildman–Crippen MR) is 109 cm³/mol. The summed E-state index contributed by atoms with van der Waals surface area (Å²) in [7, 11) is -1.59. The molecule has 150 valence electrons. The van der Waals surface area contributed by atoms with Gasteiger partial charge >= 0.3 is 13.1 Å². The SMILES string of the molecule is CCOC(=O)/C(CB1OC(C)(C)C(C)(C)O1)=C(\C)COCC[Si](C)(C)C. The molecule has 0 unspecified atom stereocenters. The third-order valence-corrected chi connectivity index (χ3v) is 6.73. The Hall–Kier alpha value is -0.628. The number of rotatable bonds is 9. The van der Waals surface area contributed by atoms with Gasteiger partial charge in [-0.3, -0.25) is 0 Å². The van der Waals surface area contributed by atoms with Crippen LogP contribution in [0.25, 0.3) is 0 Å². The monoisotopic (exact) mass is 384 g/mol. The highest BCUT2D eigenvalue weighted by atomic mass is 28.3. The van der Waals surface area contributed by atoms with Crippen LogP contribution >= 0.6 is 0 Å². The van der Waals surface area contributed by atoms with E-state index < -0.39 is 26.4 Å². The summed E-state index contributed by atoms with van der Waals surface area (Å²) in [6.45, 7) is 20.2. The number of carbonyl (C=O) groups is 1. The van der Waals surface area contributed by atoms with E-state index in [2.05, 4.69) is 19.6 Å². The van der Waals surface area contributed by atoms with Crippen molar-refractivity contribution in [1.82, 2.24) is 0 Å². The van der Waals surface area contributed by atoms with Gasteiger partial charge in [0, 0.05) is 26.6 Å². The van der Waals surface area contributed by atoms with Crippen LogP contribution in [0.4, 0.5) is 0 Å². The van der Waals surface area contributed by atoms with Crippen LogP contribution in [0.3, 0.4) is 0 Å². The fourth-order valence-electron chi connectivity index (χ4n) is 2.56. The summed E-state index contributed by atoms with van der Waals surface area (Å²) in [6.07, 6.45) is 0.370. The maximum absolute atomic E-state index is 12.4. The highest BCUT2D eigenvalue weighted by molar-refractivity contribution is 6.76. The Labute approximate surface area is 161 Å². The first-order valence-corrected chi connectivity index (χ1v) is 13.3. The Balaban J connectivity index is 2.80. The molecule has 1 fully saturated rings. The van der Waals surface area contributed by atoms with E-state index in [1.165, 1.54) is 0 Å². The molecule has 7 heteroatoms. The summed E-state index contributed by atoms with van der Waals surface area (Å²) in [6, 6.07) is 1.10. The largest absolute Gasteiger partial charge is 0.463 e. The van der Waals surface area contributed by atoms with E-state index in [0.29, 0.717) is 25.1 Å². The van der Waals surface area contributed by atoms with E-state index in [1.807, 2.05) is 41.5 Å². The third kappa shape index (κ3) is 6.83. The lowest BCUT2D eigenvalue weighted by Crippen LogP contribution is -2.41. The molecule has 0 spiro atoms. The van der Waals surface area contributed by atoms with Crippen molar-refractivity contribution in [2.75, 3.05) is 19.8 Å². The van der Waals surface area contributed by atoms with E-state index in [4.69, 9.17) is 18.8 Å². The molecule has 1 aliphatic heterocycles. The maximum Gasteiger partial charge on any atom is 0.462 e. The summed E-state index contributed by atoms with van der Waals surface area (Å²) in [5.74, 6) is -0.312. The summed E-state index contributed by atoms with van der Waals surface area (Å²) in [5, 5.41) is 0. The van der Waals surface area contributed by atoms with Crippen LogP contribution in [0.1, 0.15) is 41.5 Å². The molecule has 1 heterocycles. The molecule has 0 amide bonds. The first kappa shape index (κ1) is 23.4. The molecule has 26 heavy (non-hydrogen) atoms. The fraction of sp³-hybridized carbons (Fsp3) is 0.842. The molecule has 0 aromatic rings. The van der Waals surface area contributed by atoms with Gasteiger partial charge in [-0.15, -0.1) is 0 Å². The molecule has 0 aliphatic carbocycles. The normalized spacial score (nSPS) is 20.1. The number of ether oxygens (including phenoxy) is 2. The average Bonchev–Trinajstić information content (AvgIpc) is 2.67. The minimum Gasteiger partial charge on any atom is -0.463 e. The van der Waals surface area contributed by atoms with Crippen molar-refractivity contribution in [1.29, 1.82) is 0 Å². The fourth-order valence-corrected chi connectivity index (χ4v) is 3.31. The topological polar surface area (TPSA) is 54.0 Å². The van der Waals surface area contributed by atoms with Crippen LogP contribution < -0.4 is 0 Å². The summed E-state index contributed by atoms with van der Waals surface area (Å²) in [4.78, 5) is 12.4. The summed E-state index contributed by atoms with van der Waals surface area (Å²) >= 11 is 0. The first-order valence-electron chi connectivity index (χ1n) is 9.58. The molecule has 0 saturated carbocycles. The molecular formula is C19H37BO5Si. The van der Waals surface area contributed by atoms with Crippen molar-refractivity contribution in [3.8, 4) is 0 Å². The molecule has 0 N–H and O–H groups in total. The Morgan fingerprint density at radius 3 is 2.08 bits per heavy atom. The van der Waals surface area contributed by atoms with E-state index in [9.17, 15) is 4.79 Å². The third-order valence-electron chi connectivity index (χ3n) is 5.02. The van der Waals surface area contributed by atoms with Crippen LogP contribution in [0, 0.1) is 0 Å². The van der Waals surface area contributed by atoms with E-state index in [0.717, 1.165) is 18.2 Å². The number of hydrogen-bond acceptors (Lipinski definition) is 5. The molecular weight excluding hydrogens is 347 g/mol. The molecule has 1 rings (SSSR count). The number of hydrogen-bond donors (Lipinski definition) is 0. The molecule has 5 nitrogen and oxygen atoms in total. The number of carbonyl (C=O) groups excluding carboxylic acids is 1. The van der Waals surface area contributed by atoms with Crippen molar-refractivity contribution in [3.63, 3.8) is 0 Å². The summed E-state index contributed by atoms with van der Waals surface area (Å²) < 4.78 is 23.1. The second-order valence-electron chi connectivity index (χ2n) is 9.23. The van der Waals surface area contributed by atoms with Crippen LogP contribution in [0.15, 0.2) is 11.1 Å². The van der Waals surface area contributed by atoms with E-state index in [-0.39, 0.29) is 5.97 Å². The second kappa shape index (κ2) is 9.04. The van der Waals surface area contributed by atoms with Gasteiger partial charge in [-0.1, -0.05) is 19.6 Å². The smallest absolute Gasteiger partial charge is 0.462 e. The van der Waals surface area contributed by atoms with Crippen molar-refractivity contribution in [3.05, 3.63) is 11.1 Å². The van der Waals surface area contributed by atoms with Gasteiger partial charge in [-0.05, 0) is 53.2 Å². The zero-order valence-electron chi connectivity index (χ0n) is 18.2. The molecule has 0 aromatic heterocycles. The Kier molecular flexibility index (Phi) is 8.14. The maximum atomic E-state index is 12.4. The molecule has 0 aromatic carbocycles. The summed E-state index contributed by atoms with van der Waals surface area (Å²) in [5.41, 5.74) is 0.644. The van der Waals surface area contributed by atoms with Crippen LogP contribution in [0.5, 0.6) is 0 Å². The highest BCUT2D eigenvalue weighted by Gasteiger charge is 2.51. The molecule has 0 bridgehead atoms. The quantitative estimate of drug-likeness (QED) is 0.257. The average molecular weight is 384 g/mol. The number of esters is 1. The lowest BCUT2D eigenvalue weighted by atomic mass is 9.79. The van der Waals surface area contributed by atoms with Crippen molar-refractivity contribution < 1.29 is 23.6 Å². The molecule has 1 aliphatic rings. The zero-order chi connectivity index (χ0) is 20.2. The van der Waals surface area contributed by atoms with Gasteiger partial charge in [-0.25, -0.2) is 4.79 Å². The molecule has 1 saturated heterocycles. The zero-order valence-corrected chi connectivity index (χ0v) is 19.2. The standard InChI is InChI=1S/C19H37BO5Si/c1-10-23-17(21)16(15(2)14-22-11-12-26(7,8)9)13-20-24-18(3,4)19(5,6)25-20/h10-14H2,1-9H3/b16-15+. The minimum absolute atomic E-state index is 0.312. The van der Waals surface area contributed by atoms with Gasteiger partial charge < -0.3 is 18.8 Å². The van der Waals surface area contributed by atoms with Crippen molar-refractivity contribution in [2.45, 2.75) is 84.7 Å². The van der Waals surface area contributed by atoms with Crippen molar-refractivity contribution in [2.24, 2.45) is 0 Å². The van der Waals surface area contributed by atoms with Crippen LogP contribution in [-0.2, 0) is 23.6 Å². The van der Waals surface area contributed by atoms with E-state index >= 15 is 0 Å². The molecule has 0 atom stereocenters. The highest BCUT2D eigenvalue weighted by Crippen LogP contribution is 2.38. The Morgan fingerprint density at radius 2 is 1.62 bits per heavy atom. The lowest BCUT2D eigenvalue weighted by Gasteiger charge is -2.32. The van der Waals surface area contributed by atoms with Gasteiger partial charge in [0.05, 0.1) is 24.4 Å². The van der Waals surface area contributed by atoms with E-state index in [1.54, 1.807) is 0 Å². The predicted octanol–water partition coefficient (Wildman–Crippen LogP) is 4.31. The molecule has 0 radical (unpaired) electrons.